The van der Waals surface area contributed by atoms with Crippen molar-refractivity contribution in [2.45, 2.75) is 13.0 Å². The van der Waals surface area contributed by atoms with E-state index < -0.39 is 0 Å². The van der Waals surface area contributed by atoms with Gasteiger partial charge in [0.15, 0.2) is 11.6 Å². The summed E-state index contributed by atoms with van der Waals surface area (Å²) in [6.07, 6.45) is 0. The third-order valence-electron chi connectivity index (χ3n) is 2.88. The number of methoxy groups -OCH3 is 1. The number of thiophene rings is 1. The fourth-order valence-corrected chi connectivity index (χ4v) is 2.73. The molecule has 18 heavy (non-hydrogen) atoms. The smallest absolute Gasteiger partial charge is 0.165 e. The largest absolute Gasteiger partial charge is 0.494 e. The van der Waals surface area contributed by atoms with Crippen LogP contribution < -0.4 is 10.1 Å². The highest BCUT2D eigenvalue weighted by Crippen LogP contribution is 2.28. The Morgan fingerprint density at radius 1 is 1.28 bits per heavy atom. The first-order valence-corrected chi connectivity index (χ1v) is 6.59. The minimum Gasteiger partial charge on any atom is -0.494 e. The van der Waals surface area contributed by atoms with Crippen molar-refractivity contribution in [3.8, 4) is 5.75 Å². The van der Waals surface area contributed by atoms with Crippen molar-refractivity contribution >= 4 is 11.3 Å². The van der Waals surface area contributed by atoms with E-state index in [2.05, 4.69) is 23.7 Å². The summed E-state index contributed by atoms with van der Waals surface area (Å²) in [4.78, 5) is 1.25. The van der Waals surface area contributed by atoms with Gasteiger partial charge in [-0.25, -0.2) is 4.39 Å². The first-order chi connectivity index (χ1) is 8.65. The van der Waals surface area contributed by atoms with Crippen molar-refractivity contribution in [3.63, 3.8) is 0 Å². The summed E-state index contributed by atoms with van der Waals surface area (Å²) in [5, 5.41) is 5.31. The number of aryl methyl sites for hydroxylation is 1. The second kappa shape index (κ2) is 5.50. The summed E-state index contributed by atoms with van der Waals surface area (Å²) in [6, 6.07) is 7.20. The van der Waals surface area contributed by atoms with Crippen LogP contribution in [0.3, 0.4) is 0 Å². The summed E-state index contributed by atoms with van der Waals surface area (Å²) in [5.41, 5.74) is 2.05. The number of rotatable bonds is 4. The molecule has 1 heterocycles. The highest BCUT2D eigenvalue weighted by Gasteiger charge is 2.15. The molecule has 2 nitrogen and oxygen atoms in total. The summed E-state index contributed by atoms with van der Waals surface area (Å²) >= 11 is 1.70. The Kier molecular flexibility index (Phi) is 3.99. The minimum atomic E-state index is -0.331. The van der Waals surface area contributed by atoms with Crippen LogP contribution in [0.1, 0.15) is 22.0 Å². The molecule has 1 unspecified atom stereocenters. The lowest BCUT2D eigenvalue weighted by Gasteiger charge is -2.16. The van der Waals surface area contributed by atoms with Crippen LogP contribution in [0.2, 0.25) is 0 Å². The normalized spacial score (nSPS) is 12.4. The molecule has 4 heteroatoms. The van der Waals surface area contributed by atoms with Crippen LogP contribution in [0.5, 0.6) is 5.75 Å². The van der Waals surface area contributed by atoms with Crippen LogP contribution in [0, 0.1) is 12.7 Å². The highest BCUT2D eigenvalue weighted by molar-refractivity contribution is 7.10. The second-order valence-corrected chi connectivity index (χ2v) is 5.22. The van der Waals surface area contributed by atoms with Crippen LogP contribution in [-0.4, -0.2) is 14.2 Å². The first kappa shape index (κ1) is 13.1. The SMILES string of the molecule is CNC(c1csc(C)c1)c1ccc(OC)c(F)c1. The number of halogens is 1. The Hall–Kier alpha value is -1.39. The summed E-state index contributed by atoms with van der Waals surface area (Å²) < 4.78 is 18.6. The molecule has 0 aliphatic rings. The Labute approximate surface area is 110 Å². The molecule has 1 aromatic heterocycles. The van der Waals surface area contributed by atoms with Gasteiger partial charge < -0.3 is 10.1 Å². The van der Waals surface area contributed by atoms with Crippen molar-refractivity contribution in [2.75, 3.05) is 14.2 Å². The first-order valence-electron chi connectivity index (χ1n) is 5.71. The van der Waals surface area contributed by atoms with Crippen LogP contribution in [0.15, 0.2) is 29.6 Å². The molecule has 96 valence electrons. The monoisotopic (exact) mass is 265 g/mol. The quantitative estimate of drug-likeness (QED) is 0.913. The van der Waals surface area contributed by atoms with E-state index in [9.17, 15) is 4.39 Å². The highest BCUT2D eigenvalue weighted by atomic mass is 32.1. The third-order valence-corrected chi connectivity index (χ3v) is 3.76. The molecular weight excluding hydrogens is 249 g/mol. The molecule has 0 spiro atoms. The molecule has 2 rings (SSSR count). The fourth-order valence-electron chi connectivity index (χ4n) is 2.00. The van der Waals surface area contributed by atoms with Crippen molar-refractivity contribution in [1.29, 1.82) is 0 Å². The third kappa shape index (κ3) is 2.54. The van der Waals surface area contributed by atoms with Gasteiger partial charge in [0.2, 0.25) is 0 Å². The Morgan fingerprint density at radius 2 is 2.06 bits per heavy atom. The van der Waals surface area contributed by atoms with Gasteiger partial charge in [-0.1, -0.05) is 6.07 Å². The van der Waals surface area contributed by atoms with Crippen LogP contribution in [0.25, 0.3) is 0 Å². The Bertz CT molecular complexity index is 538. The number of ether oxygens (including phenoxy) is 1. The molecule has 0 saturated heterocycles. The minimum absolute atomic E-state index is 0.00959. The molecule has 1 aromatic carbocycles. The van der Waals surface area contributed by atoms with E-state index in [0.29, 0.717) is 0 Å². The lowest BCUT2D eigenvalue weighted by atomic mass is 10.0. The number of nitrogens with one attached hydrogen (secondary N) is 1. The Morgan fingerprint density at radius 3 is 2.56 bits per heavy atom. The predicted octanol–water partition coefficient (Wildman–Crippen LogP) is 3.51. The maximum atomic E-state index is 13.7. The van der Waals surface area contributed by atoms with Gasteiger partial charge in [0.25, 0.3) is 0 Å². The van der Waals surface area contributed by atoms with E-state index in [1.54, 1.807) is 17.4 Å². The van der Waals surface area contributed by atoms with Crippen LogP contribution >= 0.6 is 11.3 Å². The summed E-state index contributed by atoms with van der Waals surface area (Å²) in [7, 11) is 3.34. The fraction of sp³-hybridized carbons (Fsp3) is 0.286. The molecule has 0 bridgehead atoms. The standard InChI is InChI=1S/C14H16FNOS/c1-9-6-11(8-18-9)14(16-2)10-4-5-13(17-3)12(15)7-10/h4-8,14,16H,1-3H3. The van der Waals surface area contributed by atoms with Crippen LogP contribution in [-0.2, 0) is 0 Å². The van der Waals surface area contributed by atoms with Gasteiger partial charge in [-0.3, -0.25) is 0 Å². The van der Waals surface area contributed by atoms with Gasteiger partial charge in [0.1, 0.15) is 0 Å². The molecule has 0 saturated carbocycles. The van der Waals surface area contributed by atoms with E-state index in [0.717, 1.165) is 11.1 Å². The average molecular weight is 265 g/mol. The second-order valence-electron chi connectivity index (χ2n) is 4.11. The number of hydrogen-bond acceptors (Lipinski definition) is 3. The van der Waals surface area contributed by atoms with E-state index in [1.165, 1.54) is 18.1 Å². The summed E-state index contributed by atoms with van der Waals surface area (Å²) in [6.45, 7) is 2.06. The molecule has 0 aliphatic heterocycles. The zero-order valence-electron chi connectivity index (χ0n) is 10.7. The average Bonchev–Trinajstić information content (AvgIpc) is 2.77. The Balaban J connectivity index is 2.36. The maximum Gasteiger partial charge on any atom is 0.165 e. The molecular formula is C14H16FNOS. The predicted molar refractivity (Wildman–Crippen MR) is 72.9 cm³/mol. The summed E-state index contributed by atoms with van der Waals surface area (Å²) in [5.74, 6) is -0.0581. The molecule has 0 radical (unpaired) electrons. The lowest BCUT2D eigenvalue weighted by Crippen LogP contribution is -2.17. The van der Waals surface area contributed by atoms with E-state index >= 15 is 0 Å². The van der Waals surface area contributed by atoms with Gasteiger partial charge in [-0.15, -0.1) is 11.3 Å². The molecule has 2 aromatic rings. The van der Waals surface area contributed by atoms with Crippen LogP contribution in [0.4, 0.5) is 4.39 Å². The molecule has 0 fully saturated rings. The number of benzene rings is 1. The molecule has 0 amide bonds. The van der Waals surface area contributed by atoms with E-state index in [4.69, 9.17) is 4.74 Å². The van der Waals surface area contributed by atoms with Gasteiger partial charge in [-0.2, -0.15) is 0 Å². The van der Waals surface area contributed by atoms with Gasteiger partial charge in [-0.05, 0) is 48.7 Å². The molecule has 0 aliphatic carbocycles. The van der Waals surface area contributed by atoms with Crippen molar-refractivity contribution in [3.05, 3.63) is 51.5 Å². The zero-order valence-corrected chi connectivity index (χ0v) is 11.5. The van der Waals surface area contributed by atoms with Crippen molar-refractivity contribution in [2.24, 2.45) is 0 Å². The van der Waals surface area contributed by atoms with Gasteiger partial charge >= 0.3 is 0 Å². The van der Waals surface area contributed by atoms with Crippen molar-refractivity contribution in [1.82, 2.24) is 5.32 Å². The number of hydrogen-bond donors (Lipinski definition) is 1. The molecule has 1 N–H and O–H groups in total. The van der Waals surface area contributed by atoms with Crippen molar-refractivity contribution < 1.29 is 9.13 Å². The van der Waals surface area contributed by atoms with E-state index in [-0.39, 0.29) is 17.6 Å². The zero-order chi connectivity index (χ0) is 13.1. The van der Waals surface area contributed by atoms with E-state index in [1.807, 2.05) is 13.1 Å². The lowest BCUT2D eigenvalue weighted by molar-refractivity contribution is 0.386. The van der Waals surface area contributed by atoms with Gasteiger partial charge in [0.05, 0.1) is 13.2 Å². The van der Waals surface area contributed by atoms with Gasteiger partial charge in [0, 0.05) is 4.88 Å². The molecule has 1 atom stereocenters. The maximum absolute atomic E-state index is 13.7. The topological polar surface area (TPSA) is 21.3 Å².